The number of thiophene rings is 1. The summed E-state index contributed by atoms with van der Waals surface area (Å²) in [6.45, 7) is 5.71. The molecular formula is C22H19N3O2S. The number of aryl methyl sites for hydroxylation is 2. The Kier molecular flexibility index (Phi) is 4.79. The maximum atomic E-state index is 12.9. The van der Waals surface area contributed by atoms with Gasteiger partial charge in [-0.1, -0.05) is 18.2 Å². The topological polar surface area (TPSA) is 67.5 Å². The minimum Gasteiger partial charge on any atom is -0.460 e. The van der Waals surface area contributed by atoms with Crippen molar-refractivity contribution in [1.29, 1.82) is 0 Å². The van der Waals surface area contributed by atoms with E-state index in [0.717, 1.165) is 27.2 Å². The molecule has 4 rings (SSSR count). The smallest absolute Gasteiger partial charge is 0.272 e. The highest BCUT2D eigenvalue weighted by molar-refractivity contribution is 7.15. The molecule has 0 spiro atoms. The largest absolute Gasteiger partial charge is 0.460 e. The summed E-state index contributed by atoms with van der Waals surface area (Å²) in [5.41, 5.74) is 5.35. The van der Waals surface area contributed by atoms with Crippen LogP contribution in [0, 0.1) is 13.8 Å². The number of furan rings is 1. The second-order valence-electron chi connectivity index (χ2n) is 6.53. The zero-order valence-corrected chi connectivity index (χ0v) is 16.6. The number of carbonyl (C=O) groups is 1. The van der Waals surface area contributed by atoms with Gasteiger partial charge in [-0.3, -0.25) is 4.79 Å². The predicted molar refractivity (Wildman–Crippen MR) is 113 cm³/mol. The molecule has 5 nitrogen and oxygen atoms in total. The first kappa shape index (κ1) is 18.1. The molecule has 0 aliphatic carbocycles. The van der Waals surface area contributed by atoms with Crippen molar-refractivity contribution in [3.63, 3.8) is 0 Å². The molecule has 0 aliphatic rings. The molecule has 3 heterocycles. The minimum absolute atomic E-state index is 0.282. The van der Waals surface area contributed by atoms with E-state index in [9.17, 15) is 4.79 Å². The standard InChI is InChI=1S/C22H19N3O2S/c1-13-8-10-20(27-13)15(3)24-25-22(26)17-12-19(21-11-9-14(2)28-21)23-18-7-5-4-6-16(17)18/h4-12H,1-3H3,(H,25,26)/b24-15-. The van der Waals surface area contributed by atoms with Gasteiger partial charge in [0, 0.05) is 10.3 Å². The first-order chi connectivity index (χ1) is 13.5. The van der Waals surface area contributed by atoms with E-state index >= 15 is 0 Å². The Morgan fingerprint density at radius 3 is 2.64 bits per heavy atom. The second kappa shape index (κ2) is 7.40. The molecule has 0 saturated heterocycles. The summed E-state index contributed by atoms with van der Waals surface area (Å²) in [5, 5.41) is 4.99. The second-order valence-corrected chi connectivity index (χ2v) is 7.82. The highest BCUT2D eigenvalue weighted by Crippen LogP contribution is 2.29. The fourth-order valence-corrected chi connectivity index (χ4v) is 3.77. The molecule has 6 heteroatoms. The van der Waals surface area contributed by atoms with Crippen LogP contribution in [0.1, 0.15) is 33.7 Å². The van der Waals surface area contributed by atoms with Crippen molar-refractivity contribution in [2.45, 2.75) is 20.8 Å². The lowest BCUT2D eigenvalue weighted by molar-refractivity contribution is 0.0956. The lowest BCUT2D eigenvalue weighted by atomic mass is 10.1. The normalized spacial score (nSPS) is 11.8. The molecule has 1 N–H and O–H groups in total. The van der Waals surface area contributed by atoms with Crippen LogP contribution < -0.4 is 5.43 Å². The minimum atomic E-state index is -0.282. The monoisotopic (exact) mass is 389 g/mol. The Labute approximate surface area is 166 Å². The van der Waals surface area contributed by atoms with Crippen LogP contribution in [0.5, 0.6) is 0 Å². The Balaban J connectivity index is 1.71. The van der Waals surface area contributed by atoms with Gasteiger partial charge in [0.05, 0.1) is 21.7 Å². The highest BCUT2D eigenvalue weighted by Gasteiger charge is 2.15. The van der Waals surface area contributed by atoms with Gasteiger partial charge in [0.2, 0.25) is 0 Å². The fraction of sp³-hybridized carbons (Fsp3) is 0.136. The summed E-state index contributed by atoms with van der Waals surface area (Å²) in [7, 11) is 0. The number of carbonyl (C=O) groups excluding carboxylic acids is 1. The van der Waals surface area contributed by atoms with Gasteiger partial charge in [0.15, 0.2) is 0 Å². The number of nitrogens with zero attached hydrogens (tertiary/aromatic N) is 2. The number of hydrogen-bond acceptors (Lipinski definition) is 5. The van der Waals surface area contributed by atoms with E-state index in [2.05, 4.69) is 23.5 Å². The zero-order chi connectivity index (χ0) is 19.7. The molecule has 0 saturated carbocycles. The van der Waals surface area contributed by atoms with Gasteiger partial charge in [-0.2, -0.15) is 5.10 Å². The summed E-state index contributed by atoms with van der Waals surface area (Å²) in [5.74, 6) is 1.15. The van der Waals surface area contributed by atoms with Crippen LogP contribution in [0.25, 0.3) is 21.5 Å². The van der Waals surface area contributed by atoms with Gasteiger partial charge in [-0.15, -0.1) is 11.3 Å². The van der Waals surface area contributed by atoms with Crippen LogP contribution in [-0.2, 0) is 0 Å². The molecule has 0 aliphatic heterocycles. The van der Waals surface area contributed by atoms with E-state index in [4.69, 9.17) is 9.40 Å². The molecule has 28 heavy (non-hydrogen) atoms. The van der Waals surface area contributed by atoms with E-state index in [1.807, 2.05) is 55.5 Å². The van der Waals surface area contributed by atoms with Crippen LogP contribution >= 0.6 is 11.3 Å². The van der Waals surface area contributed by atoms with Crippen molar-refractivity contribution in [1.82, 2.24) is 10.4 Å². The summed E-state index contributed by atoms with van der Waals surface area (Å²) < 4.78 is 5.54. The number of fused-ring (bicyclic) bond motifs is 1. The van der Waals surface area contributed by atoms with Crippen molar-refractivity contribution in [3.05, 3.63) is 76.6 Å². The Hall–Kier alpha value is -3.25. The van der Waals surface area contributed by atoms with Crippen molar-refractivity contribution in [2.24, 2.45) is 5.10 Å². The van der Waals surface area contributed by atoms with Gasteiger partial charge < -0.3 is 4.42 Å². The maximum absolute atomic E-state index is 12.9. The summed E-state index contributed by atoms with van der Waals surface area (Å²) >= 11 is 1.65. The predicted octanol–water partition coefficient (Wildman–Crippen LogP) is 5.33. The number of aromatic nitrogens is 1. The summed E-state index contributed by atoms with van der Waals surface area (Å²) in [6, 6.07) is 17.2. The third-order valence-corrected chi connectivity index (χ3v) is 5.40. The van der Waals surface area contributed by atoms with Crippen LogP contribution in [0.3, 0.4) is 0 Å². The van der Waals surface area contributed by atoms with Gasteiger partial charge in [0.25, 0.3) is 5.91 Å². The maximum Gasteiger partial charge on any atom is 0.272 e. The molecule has 0 bridgehead atoms. The third-order valence-electron chi connectivity index (χ3n) is 4.38. The van der Waals surface area contributed by atoms with Crippen molar-refractivity contribution >= 4 is 33.9 Å². The van der Waals surface area contributed by atoms with Gasteiger partial charge >= 0.3 is 0 Å². The van der Waals surface area contributed by atoms with E-state index in [0.29, 0.717) is 17.0 Å². The number of nitrogens with one attached hydrogen (secondary N) is 1. The molecule has 0 radical (unpaired) electrons. The molecule has 3 aromatic heterocycles. The van der Waals surface area contributed by atoms with Crippen LogP contribution in [0.2, 0.25) is 0 Å². The molecule has 0 atom stereocenters. The highest BCUT2D eigenvalue weighted by atomic mass is 32.1. The lowest BCUT2D eigenvalue weighted by Crippen LogP contribution is -2.20. The van der Waals surface area contributed by atoms with Crippen LogP contribution in [0.4, 0.5) is 0 Å². The summed E-state index contributed by atoms with van der Waals surface area (Å²) in [6.07, 6.45) is 0. The SMILES string of the molecule is C/C(=N/NC(=O)c1cc(-c2ccc(C)s2)nc2ccccc12)c1ccc(C)o1. The van der Waals surface area contributed by atoms with Crippen LogP contribution in [-0.4, -0.2) is 16.6 Å². The van der Waals surface area contributed by atoms with Crippen molar-refractivity contribution in [3.8, 4) is 10.6 Å². The third kappa shape index (κ3) is 3.59. The number of rotatable bonds is 4. The molecule has 0 unspecified atom stereocenters. The molecule has 4 aromatic rings. The number of pyridine rings is 1. The van der Waals surface area contributed by atoms with E-state index in [-0.39, 0.29) is 5.91 Å². The first-order valence-corrected chi connectivity index (χ1v) is 9.71. The number of hydrogen-bond donors (Lipinski definition) is 1. The Morgan fingerprint density at radius 1 is 1.11 bits per heavy atom. The molecular weight excluding hydrogens is 370 g/mol. The number of amides is 1. The van der Waals surface area contributed by atoms with Gasteiger partial charge in [0.1, 0.15) is 17.2 Å². The quantitative estimate of drug-likeness (QED) is 0.379. The van der Waals surface area contributed by atoms with Crippen molar-refractivity contribution < 1.29 is 9.21 Å². The molecule has 1 amide bonds. The van der Waals surface area contributed by atoms with E-state index < -0.39 is 0 Å². The number of para-hydroxylation sites is 1. The Morgan fingerprint density at radius 2 is 1.93 bits per heavy atom. The van der Waals surface area contributed by atoms with Gasteiger partial charge in [-0.25, -0.2) is 10.4 Å². The van der Waals surface area contributed by atoms with E-state index in [1.54, 1.807) is 18.3 Å². The molecule has 1 aromatic carbocycles. The zero-order valence-electron chi connectivity index (χ0n) is 15.8. The average molecular weight is 389 g/mol. The Bertz CT molecular complexity index is 1200. The molecule has 0 fully saturated rings. The van der Waals surface area contributed by atoms with Crippen LogP contribution in [0.15, 0.2) is 64.1 Å². The number of hydrazone groups is 1. The fourth-order valence-electron chi connectivity index (χ4n) is 2.94. The number of benzene rings is 1. The summed E-state index contributed by atoms with van der Waals surface area (Å²) in [4.78, 5) is 19.9. The average Bonchev–Trinajstić information content (AvgIpc) is 3.33. The molecule has 140 valence electrons. The van der Waals surface area contributed by atoms with Crippen molar-refractivity contribution in [2.75, 3.05) is 0 Å². The van der Waals surface area contributed by atoms with E-state index in [1.165, 1.54) is 4.88 Å². The van der Waals surface area contributed by atoms with Gasteiger partial charge in [-0.05, 0) is 57.2 Å². The lowest BCUT2D eigenvalue weighted by Gasteiger charge is -2.08. The first-order valence-electron chi connectivity index (χ1n) is 8.89.